The van der Waals surface area contributed by atoms with E-state index in [2.05, 4.69) is 22.4 Å². The van der Waals surface area contributed by atoms with E-state index in [4.69, 9.17) is 33.3 Å². The van der Waals surface area contributed by atoms with E-state index in [1.54, 1.807) is 20.3 Å². The van der Waals surface area contributed by atoms with Gasteiger partial charge in [0.1, 0.15) is 35.7 Å². The van der Waals surface area contributed by atoms with Crippen molar-refractivity contribution in [1.82, 2.24) is 15.5 Å². The van der Waals surface area contributed by atoms with Crippen LogP contribution in [0.1, 0.15) is 36.0 Å². The molecule has 0 aliphatic carbocycles. The third-order valence-corrected chi connectivity index (χ3v) is 8.86. The molecule has 4 aliphatic rings. The number of ether oxygens (including phenoxy) is 6. The lowest BCUT2D eigenvalue weighted by atomic mass is 9.83. The molecule has 0 spiro atoms. The van der Waals surface area contributed by atoms with Crippen molar-refractivity contribution in [2.24, 2.45) is 5.16 Å². The molecule has 2 unspecified atom stereocenters. The summed E-state index contributed by atoms with van der Waals surface area (Å²) in [4.78, 5) is 55.2. The SMILES string of the molecule is C=C(C)[C@H]1Cc2c(ccc(C3=NOC4COc5cc(OC)c(OC)cc5C34)c2OCC(=O)NCCNC(=O)CCOCCN2C(=O)C=CC2=O)O1. The summed E-state index contributed by atoms with van der Waals surface area (Å²) in [6.45, 7) is 6.67. The average Bonchev–Trinajstić information content (AvgIpc) is 3.85. The van der Waals surface area contributed by atoms with Gasteiger partial charge in [-0.25, -0.2) is 0 Å². The van der Waals surface area contributed by atoms with Gasteiger partial charge in [0.05, 0.1) is 39.9 Å². The zero-order chi connectivity index (χ0) is 36.1. The van der Waals surface area contributed by atoms with Crippen LogP contribution in [0.4, 0.5) is 0 Å². The standard InChI is InChI=1S/C36H40N4O11/c1-20(2)25-16-23-24(50-25)6-5-21(35-34-22-15-27(45-3)28(46-4)17-26(22)48-18-29(34)51-39-35)36(23)49-19-31(42)38-11-10-37-30(41)9-13-47-14-12-40-32(43)7-8-33(40)44/h5-8,15,17,25,29,34H,1,9-14,16,18-19H2,2-4H3,(H,37,41)(H,38,42)/t25-,29?,34?/m1/s1. The van der Waals surface area contributed by atoms with Gasteiger partial charge in [0.25, 0.3) is 17.7 Å². The Labute approximate surface area is 294 Å². The number of methoxy groups -OCH3 is 2. The number of benzene rings is 2. The second-order valence-corrected chi connectivity index (χ2v) is 12.2. The van der Waals surface area contributed by atoms with Crippen molar-refractivity contribution in [2.75, 3.05) is 60.3 Å². The summed E-state index contributed by atoms with van der Waals surface area (Å²) < 4.78 is 34.8. The van der Waals surface area contributed by atoms with Crippen molar-refractivity contribution in [3.63, 3.8) is 0 Å². The summed E-state index contributed by atoms with van der Waals surface area (Å²) in [5.74, 6) is 1.08. The lowest BCUT2D eigenvalue weighted by Crippen LogP contribution is -2.37. The number of amides is 4. The molecule has 4 amide bonds. The Morgan fingerprint density at radius 3 is 2.45 bits per heavy atom. The first-order valence-electron chi connectivity index (χ1n) is 16.6. The average molecular weight is 705 g/mol. The van der Waals surface area contributed by atoms with Crippen molar-refractivity contribution in [3.05, 3.63) is 65.3 Å². The van der Waals surface area contributed by atoms with E-state index in [0.29, 0.717) is 46.4 Å². The van der Waals surface area contributed by atoms with E-state index in [1.165, 1.54) is 12.2 Å². The molecule has 51 heavy (non-hydrogen) atoms. The van der Waals surface area contributed by atoms with Crippen LogP contribution in [0.25, 0.3) is 0 Å². The summed E-state index contributed by atoms with van der Waals surface area (Å²) in [6.07, 6.45) is 2.36. The normalized spacial score (nSPS) is 19.5. The highest BCUT2D eigenvalue weighted by Gasteiger charge is 2.44. The lowest BCUT2D eigenvalue weighted by molar-refractivity contribution is -0.138. The fraction of sp³-hybridized carbons (Fsp3) is 0.417. The van der Waals surface area contributed by atoms with E-state index in [0.717, 1.165) is 21.6 Å². The zero-order valence-corrected chi connectivity index (χ0v) is 28.7. The molecule has 0 saturated heterocycles. The van der Waals surface area contributed by atoms with Gasteiger partial charge in [-0.3, -0.25) is 24.1 Å². The van der Waals surface area contributed by atoms with Gasteiger partial charge in [-0.15, -0.1) is 0 Å². The number of carbonyl (C=O) groups excluding carboxylic acids is 4. The molecule has 3 atom stereocenters. The molecule has 0 radical (unpaired) electrons. The smallest absolute Gasteiger partial charge is 0.258 e. The maximum absolute atomic E-state index is 12.9. The van der Waals surface area contributed by atoms with Crippen molar-refractivity contribution >= 4 is 29.3 Å². The van der Waals surface area contributed by atoms with Gasteiger partial charge in [0.15, 0.2) is 24.2 Å². The fourth-order valence-electron chi connectivity index (χ4n) is 6.22. The van der Waals surface area contributed by atoms with Gasteiger partial charge in [-0.2, -0.15) is 0 Å². The van der Waals surface area contributed by atoms with Crippen LogP contribution in [-0.2, 0) is 35.2 Å². The summed E-state index contributed by atoms with van der Waals surface area (Å²) in [5, 5.41) is 9.97. The van der Waals surface area contributed by atoms with Gasteiger partial charge in [-0.1, -0.05) is 11.7 Å². The van der Waals surface area contributed by atoms with Crippen LogP contribution < -0.4 is 34.3 Å². The Kier molecular flexibility index (Phi) is 10.7. The maximum atomic E-state index is 12.9. The first-order chi connectivity index (χ1) is 24.7. The Balaban J connectivity index is 1.06. The van der Waals surface area contributed by atoms with Crippen LogP contribution in [-0.4, -0.2) is 107 Å². The molecular weight excluding hydrogens is 664 g/mol. The Morgan fingerprint density at radius 2 is 1.73 bits per heavy atom. The molecular formula is C36H40N4O11. The molecule has 2 N–H and O–H groups in total. The number of oxime groups is 1. The third-order valence-electron chi connectivity index (χ3n) is 8.86. The number of hydrogen-bond acceptors (Lipinski definition) is 12. The monoisotopic (exact) mass is 704 g/mol. The second kappa shape index (κ2) is 15.5. The summed E-state index contributed by atoms with van der Waals surface area (Å²) >= 11 is 0. The molecule has 4 heterocycles. The Bertz CT molecular complexity index is 1770. The van der Waals surface area contributed by atoms with Crippen LogP contribution >= 0.6 is 0 Å². The van der Waals surface area contributed by atoms with Gasteiger partial charge < -0.3 is 43.9 Å². The summed E-state index contributed by atoms with van der Waals surface area (Å²) in [6, 6.07) is 7.37. The van der Waals surface area contributed by atoms with Gasteiger partial charge in [0.2, 0.25) is 5.91 Å². The molecule has 2 aromatic carbocycles. The molecule has 270 valence electrons. The number of nitrogens with one attached hydrogen (secondary N) is 2. The molecule has 0 fully saturated rings. The van der Waals surface area contributed by atoms with Crippen LogP contribution in [0, 0.1) is 0 Å². The third kappa shape index (κ3) is 7.62. The molecule has 0 aromatic heterocycles. The van der Waals surface area contributed by atoms with E-state index in [1.807, 2.05) is 25.1 Å². The van der Waals surface area contributed by atoms with Gasteiger partial charge >= 0.3 is 0 Å². The predicted octanol–water partition coefficient (Wildman–Crippen LogP) is 1.81. The fourth-order valence-corrected chi connectivity index (χ4v) is 6.22. The molecule has 6 rings (SSSR count). The largest absolute Gasteiger partial charge is 0.493 e. The zero-order valence-electron chi connectivity index (χ0n) is 28.7. The molecule has 15 nitrogen and oxygen atoms in total. The van der Waals surface area contributed by atoms with Crippen molar-refractivity contribution in [2.45, 2.75) is 37.9 Å². The number of hydrogen-bond donors (Lipinski definition) is 2. The minimum absolute atomic E-state index is 0.0821. The highest BCUT2D eigenvalue weighted by molar-refractivity contribution is 6.13. The first kappa shape index (κ1) is 35.3. The highest BCUT2D eigenvalue weighted by Crippen LogP contribution is 2.48. The number of nitrogens with zero attached hydrogens (tertiary/aromatic N) is 2. The maximum Gasteiger partial charge on any atom is 0.258 e. The molecule has 2 aromatic rings. The lowest BCUT2D eigenvalue weighted by Gasteiger charge is -2.29. The quantitative estimate of drug-likeness (QED) is 0.148. The second-order valence-electron chi connectivity index (χ2n) is 12.2. The predicted molar refractivity (Wildman–Crippen MR) is 181 cm³/mol. The van der Waals surface area contributed by atoms with Crippen LogP contribution in [0.15, 0.2) is 53.7 Å². The number of imide groups is 1. The van der Waals surface area contributed by atoms with Crippen molar-refractivity contribution in [1.29, 1.82) is 0 Å². The van der Waals surface area contributed by atoms with Crippen LogP contribution in [0.5, 0.6) is 28.7 Å². The van der Waals surface area contributed by atoms with Gasteiger partial charge in [0, 0.05) is 60.8 Å². The minimum atomic E-state index is -0.389. The molecule has 15 heteroatoms. The van der Waals surface area contributed by atoms with Crippen molar-refractivity contribution in [3.8, 4) is 28.7 Å². The first-order valence-corrected chi connectivity index (χ1v) is 16.6. The number of fused-ring (bicyclic) bond motifs is 4. The van der Waals surface area contributed by atoms with Gasteiger partial charge in [-0.05, 0) is 30.7 Å². The Hall–Kier alpha value is -5.57. The Morgan fingerprint density at radius 1 is 1.00 bits per heavy atom. The summed E-state index contributed by atoms with van der Waals surface area (Å²) in [7, 11) is 3.13. The van der Waals surface area contributed by atoms with Crippen LogP contribution in [0.3, 0.4) is 0 Å². The van der Waals surface area contributed by atoms with E-state index in [9.17, 15) is 19.2 Å². The van der Waals surface area contributed by atoms with Crippen LogP contribution in [0.2, 0.25) is 0 Å². The number of carbonyl (C=O) groups is 4. The summed E-state index contributed by atoms with van der Waals surface area (Å²) in [5.41, 5.74) is 3.76. The number of rotatable bonds is 16. The molecule has 4 aliphatic heterocycles. The van der Waals surface area contributed by atoms with E-state index in [-0.39, 0.29) is 94.2 Å². The molecule has 0 saturated carbocycles. The van der Waals surface area contributed by atoms with E-state index < -0.39 is 0 Å². The minimum Gasteiger partial charge on any atom is -0.493 e. The highest BCUT2D eigenvalue weighted by atomic mass is 16.7. The van der Waals surface area contributed by atoms with E-state index >= 15 is 0 Å². The topological polar surface area (TPSA) is 173 Å². The van der Waals surface area contributed by atoms with Crippen molar-refractivity contribution < 1.29 is 52.4 Å². The molecule has 0 bridgehead atoms.